The van der Waals surface area contributed by atoms with E-state index in [1.54, 1.807) is 20.1 Å². The number of thioether (sulfide) groups is 1. The molecular formula is C19H33N5O8S. The molecule has 0 rings (SSSR count). The second-order valence-electron chi connectivity index (χ2n) is 7.81. The lowest BCUT2D eigenvalue weighted by molar-refractivity contribution is -0.143. The lowest BCUT2D eigenvalue weighted by Gasteiger charge is -2.25. The van der Waals surface area contributed by atoms with Crippen molar-refractivity contribution in [3.63, 3.8) is 0 Å². The smallest absolute Gasteiger partial charge is 0.326 e. The molecule has 0 aromatic rings. The summed E-state index contributed by atoms with van der Waals surface area (Å²) in [5.41, 5.74) is 10.5. The second kappa shape index (κ2) is 15.1. The summed E-state index contributed by atoms with van der Waals surface area (Å²) in [5, 5.41) is 25.3. The number of primary amides is 1. The molecule has 0 aliphatic heterocycles. The van der Waals surface area contributed by atoms with Crippen molar-refractivity contribution >= 4 is 47.3 Å². The lowest BCUT2D eigenvalue weighted by Crippen LogP contribution is -2.58. The fourth-order valence-electron chi connectivity index (χ4n) is 2.71. The SMILES string of the molecule is CSCCC(NC(=O)C(CC(C)C)NC(=O)C(CC(=O)O)NC(=O)C(N)CC(N)=O)C(=O)O. The van der Waals surface area contributed by atoms with Gasteiger partial charge in [-0.05, 0) is 30.8 Å². The minimum atomic E-state index is -1.59. The van der Waals surface area contributed by atoms with Crippen molar-refractivity contribution in [3.05, 3.63) is 0 Å². The third-order valence-corrected chi connectivity index (χ3v) is 4.98. The first-order valence-corrected chi connectivity index (χ1v) is 11.6. The number of hydrogen-bond acceptors (Lipinski definition) is 8. The number of hydrogen-bond donors (Lipinski definition) is 7. The van der Waals surface area contributed by atoms with E-state index in [-0.39, 0.29) is 18.8 Å². The standard InChI is InChI=1S/C19H33N5O8S/c1-9(2)6-12(17(29)22-11(19(31)32)4-5-33-3)24-18(30)13(8-15(26)27)23-16(28)10(20)7-14(21)25/h9-13H,4-8,20H2,1-3H3,(H2,21,25)(H,22,29)(H,23,28)(H,24,30)(H,26,27)(H,31,32). The molecule has 13 nitrogen and oxygen atoms in total. The Morgan fingerprint density at radius 1 is 0.848 bits per heavy atom. The number of amides is 4. The summed E-state index contributed by atoms with van der Waals surface area (Å²) in [5.74, 6) is -5.81. The molecule has 4 amide bonds. The molecule has 0 saturated carbocycles. The van der Waals surface area contributed by atoms with E-state index >= 15 is 0 Å². The van der Waals surface area contributed by atoms with Crippen LogP contribution in [0.4, 0.5) is 0 Å². The molecular weight excluding hydrogens is 458 g/mol. The van der Waals surface area contributed by atoms with E-state index in [4.69, 9.17) is 16.6 Å². The Morgan fingerprint density at radius 3 is 1.82 bits per heavy atom. The maximum absolute atomic E-state index is 12.7. The van der Waals surface area contributed by atoms with Crippen LogP contribution >= 0.6 is 11.8 Å². The summed E-state index contributed by atoms with van der Waals surface area (Å²) in [6.07, 6.45) is 0.747. The predicted molar refractivity (Wildman–Crippen MR) is 120 cm³/mol. The summed E-state index contributed by atoms with van der Waals surface area (Å²) >= 11 is 1.41. The van der Waals surface area contributed by atoms with Crippen LogP contribution in [0, 0.1) is 5.92 Å². The van der Waals surface area contributed by atoms with Crippen LogP contribution in [0.15, 0.2) is 0 Å². The molecule has 0 aliphatic rings. The van der Waals surface area contributed by atoms with Crippen LogP contribution in [0.25, 0.3) is 0 Å². The van der Waals surface area contributed by atoms with E-state index in [0.717, 1.165) is 0 Å². The fourth-order valence-corrected chi connectivity index (χ4v) is 3.18. The Bertz CT molecular complexity index is 733. The number of nitrogens with two attached hydrogens (primary N) is 2. The molecule has 33 heavy (non-hydrogen) atoms. The molecule has 0 spiro atoms. The maximum atomic E-state index is 12.7. The topological polar surface area (TPSA) is 231 Å². The largest absolute Gasteiger partial charge is 0.481 e. The fraction of sp³-hybridized carbons (Fsp3) is 0.684. The van der Waals surface area contributed by atoms with Crippen LogP contribution in [-0.2, 0) is 28.8 Å². The highest BCUT2D eigenvalue weighted by Crippen LogP contribution is 2.08. The van der Waals surface area contributed by atoms with Gasteiger partial charge in [-0.15, -0.1) is 0 Å². The highest BCUT2D eigenvalue weighted by atomic mass is 32.2. The van der Waals surface area contributed by atoms with Crippen LogP contribution in [0.5, 0.6) is 0 Å². The zero-order valence-electron chi connectivity index (χ0n) is 18.8. The number of rotatable bonds is 16. The Kier molecular flexibility index (Phi) is 13.7. The quantitative estimate of drug-likeness (QED) is 0.125. The molecule has 4 unspecified atom stereocenters. The Labute approximate surface area is 195 Å². The van der Waals surface area contributed by atoms with Gasteiger partial charge in [0.25, 0.3) is 0 Å². The van der Waals surface area contributed by atoms with Crippen molar-refractivity contribution in [2.24, 2.45) is 17.4 Å². The zero-order valence-corrected chi connectivity index (χ0v) is 19.6. The van der Waals surface area contributed by atoms with Gasteiger partial charge in [-0.3, -0.25) is 24.0 Å². The number of carboxylic acid groups (broad SMARTS) is 2. The van der Waals surface area contributed by atoms with Gasteiger partial charge in [0.2, 0.25) is 23.6 Å². The molecule has 0 saturated heterocycles. The van der Waals surface area contributed by atoms with Crippen molar-refractivity contribution in [1.29, 1.82) is 0 Å². The Balaban J connectivity index is 5.49. The van der Waals surface area contributed by atoms with Crippen LogP contribution in [0.3, 0.4) is 0 Å². The summed E-state index contributed by atoms with van der Waals surface area (Å²) in [6, 6.07) is -5.34. The van der Waals surface area contributed by atoms with Gasteiger partial charge >= 0.3 is 11.9 Å². The summed E-state index contributed by atoms with van der Waals surface area (Å²) in [4.78, 5) is 71.1. The van der Waals surface area contributed by atoms with Gasteiger partial charge in [-0.1, -0.05) is 13.8 Å². The van der Waals surface area contributed by atoms with Gasteiger partial charge in [0.05, 0.1) is 18.9 Å². The van der Waals surface area contributed by atoms with Crippen LogP contribution in [-0.4, -0.2) is 82.0 Å². The van der Waals surface area contributed by atoms with Crippen LogP contribution in [0.1, 0.15) is 39.5 Å². The first-order chi connectivity index (χ1) is 15.3. The lowest BCUT2D eigenvalue weighted by atomic mass is 10.0. The highest BCUT2D eigenvalue weighted by Gasteiger charge is 2.31. The molecule has 0 heterocycles. The van der Waals surface area contributed by atoms with Gasteiger partial charge in [-0.2, -0.15) is 11.8 Å². The normalized spacial score (nSPS) is 14.5. The van der Waals surface area contributed by atoms with E-state index in [1.165, 1.54) is 11.8 Å². The first-order valence-electron chi connectivity index (χ1n) is 10.2. The molecule has 9 N–H and O–H groups in total. The van der Waals surface area contributed by atoms with Crippen molar-refractivity contribution in [2.45, 2.75) is 63.7 Å². The van der Waals surface area contributed by atoms with Gasteiger partial charge in [0.1, 0.15) is 18.1 Å². The number of carbonyl (C=O) groups is 6. The minimum absolute atomic E-state index is 0.0907. The van der Waals surface area contributed by atoms with E-state index in [0.29, 0.717) is 5.75 Å². The third-order valence-electron chi connectivity index (χ3n) is 4.33. The van der Waals surface area contributed by atoms with Crippen molar-refractivity contribution < 1.29 is 39.0 Å². The summed E-state index contributed by atoms with van der Waals surface area (Å²) < 4.78 is 0. The average Bonchev–Trinajstić information content (AvgIpc) is 2.68. The monoisotopic (exact) mass is 491 g/mol. The van der Waals surface area contributed by atoms with Gasteiger partial charge < -0.3 is 37.6 Å². The first kappa shape index (κ1) is 30.1. The van der Waals surface area contributed by atoms with Gasteiger partial charge in [0, 0.05) is 0 Å². The summed E-state index contributed by atoms with van der Waals surface area (Å²) in [6.45, 7) is 3.54. The summed E-state index contributed by atoms with van der Waals surface area (Å²) in [7, 11) is 0. The Hall–Kier alpha value is -2.87. The zero-order chi connectivity index (χ0) is 25.7. The van der Waals surface area contributed by atoms with E-state index in [9.17, 15) is 33.9 Å². The molecule has 14 heteroatoms. The van der Waals surface area contributed by atoms with E-state index < -0.39 is 72.6 Å². The molecule has 0 bridgehead atoms. The minimum Gasteiger partial charge on any atom is -0.481 e. The van der Waals surface area contributed by atoms with Crippen molar-refractivity contribution in [1.82, 2.24) is 16.0 Å². The number of carboxylic acids is 2. The van der Waals surface area contributed by atoms with Gasteiger partial charge in [-0.25, -0.2) is 4.79 Å². The molecule has 4 atom stereocenters. The molecule has 188 valence electrons. The average molecular weight is 492 g/mol. The molecule has 0 aromatic carbocycles. The highest BCUT2D eigenvalue weighted by molar-refractivity contribution is 7.98. The predicted octanol–water partition coefficient (Wildman–Crippen LogP) is -2.00. The van der Waals surface area contributed by atoms with E-state index in [1.807, 2.05) is 0 Å². The van der Waals surface area contributed by atoms with Gasteiger partial charge in [0.15, 0.2) is 0 Å². The molecule has 0 fully saturated rings. The number of carbonyl (C=O) groups excluding carboxylic acids is 4. The number of nitrogens with one attached hydrogen (secondary N) is 3. The van der Waals surface area contributed by atoms with Crippen LogP contribution in [0.2, 0.25) is 0 Å². The van der Waals surface area contributed by atoms with Crippen molar-refractivity contribution in [3.8, 4) is 0 Å². The molecule has 0 aromatic heterocycles. The number of aliphatic carboxylic acids is 2. The van der Waals surface area contributed by atoms with Crippen LogP contribution < -0.4 is 27.4 Å². The van der Waals surface area contributed by atoms with Crippen molar-refractivity contribution in [2.75, 3.05) is 12.0 Å². The Morgan fingerprint density at radius 2 is 1.36 bits per heavy atom. The molecule has 0 radical (unpaired) electrons. The molecule has 0 aliphatic carbocycles. The maximum Gasteiger partial charge on any atom is 0.326 e. The third kappa shape index (κ3) is 12.7. The second-order valence-corrected chi connectivity index (χ2v) is 8.79. The van der Waals surface area contributed by atoms with E-state index in [2.05, 4.69) is 16.0 Å².